The Balaban J connectivity index is 1.97. The number of piperidine rings is 1. The molecule has 0 amide bonds. The Hall–Kier alpha value is -0.120. The van der Waals surface area contributed by atoms with E-state index in [1.807, 2.05) is 7.11 Å². The van der Waals surface area contributed by atoms with Crippen molar-refractivity contribution in [1.29, 1.82) is 0 Å². The molecule has 106 valence electrons. The second-order valence-corrected chi connectivity index (χ2v) is 6.69. The molecule has 3 unspecified atom stereocenters. The van der Waals surface area contributed by atoms with Crippen molar-refractivity contribution in [3.8, 4) is 0 Å². The number of likely N-dealkylation sites (tertiary alicyclic amines) is 1. The Morgan fingerprint density at radius 1 is 1.33 bits per heavy atom. The first-order chi connectivity index (χ1) is 8.59. The smallest absolute Gasteiger partial charge is 0.0724 e. The highest BCUT2D eigenvalue weighted by Gasteiger charge is 2.39. The van der Waals surface area contributed by atoms with E-state index in [2.05, 4.69) is 18.7 Å². The summed E-state index contributed by atoms with van der Waals surface area (Å²) in [6.07, 6.45) is 7.13. The van der Waals surface area contributed by atoms with Gasteiger partial charge in [0.15, 0.2) is 0 Å². The Bertz CT molecular complexity index is 267. The molecule has 0 aromatic heterocycles. The molecule has 2 fully saturated rings. The van der Waals surface area contributed by atoms with E-state index in [1.165, 1.54) is 38.6 Å². The van der Waals surface area contributed by atoms with Crippen molar-refractivity contribution >= 4 is 0 Å². The van der Waals surface area contributed by atoms with E-state index in [-0.39, 0.29) is 5.54 Å². The van der Waals surface area contributed by atoms with Crippen LogP contribution in [0.1, 0.15) is 46.0 Å². The molecule has 0 bridgehead atoms. The van der Waals surface area contributed by atoms with E-state index in [0.717, 1.165) is 19.0 Å². The van der Waals surface area contributed by atoms with Gasteiger partial charge in [0.2, 0.25) is 0 Å². The largest absolute Gasteiger partial charge is 0.380 e. The van der Waals surface area contributed by atoms with E-state index < -0.39 is 0 Å². The van der Waals surface area contributed by atoms with Crippen LogP contribution in [0.25, 0.3) is 0 Å². The number of nitrogens with zero attached hydrogens (tertiary/aromatic N) is 1. The highest BCUT2D eigenvalue weighted by atomic mass is 16.5. The van der Waals surface area contributed by atoms with Crippen LogP contribution >= 0.6 is 0 Å². The number of nitrogens with two attached hydrogens (primary N) is 1. The molecule has 1 aliphatic heterocycles. The van der Waals surface area contributed by atoms with Crippen LogP contribution in [-0.2, 0) is 4.74 Å². The lowest BCUT2D eigenvalue weighted by Crippen LogP contribution is -2.58. The summed E-state index contributed by atoms with van der Waals surface area (Å²) >= 11 is 0. The predicted octanol–water partition coefficient (Wildman–Crippen LogP) is 2.25. The van der Waals surface area contributed by atoms with Crippen molar-refractivity contribution in [2.75, 3.05) is 26.7 Å². The van der Waals surface area contributed by atoms with E-state index in [4.69, 9.17) is 10.5 Å². The molecular weight excluding hydrogens is 224 g/mol. The van der Waals surface area contributed by atoms with Gasteiger partial charge in [-0.1, -0.05) is 26.2 Å². The molecule has 18 heavy (non-hydrogen) atoms. The molecule has 0 radical (unpaired) electrons. The van der Waals surface area contributed by atoms with Crippen LogP contribution in [0.2, 0.25) is 0 Å². The standard InChI is InChI=1S/C15H30N2O/c1-12-7-8-17(10-14(12)18-3)15(2,11-16)9-13-5-4-6-13/h12-14H,4-11,16H2,1-3H3. The lowest BCUT2D eigenvalue weighted by atomic mass is 9.75. The fourth-order valence-electron chi connectivity index (χ4n) is 3.49. The van der Waals surface area contributed by atoms with E-state index in [9.17, 15) is 0 Å². The number of methoxy groups -OCH3 is 1. The fraction of sp³-hybridized carbons (Fsp3) is 1.00. The summed E-state index contributed by atoms with van der Waals surface area (Å²) in [4.78, 5) is 2.60. The summed E-state index contributed by atoms with van der Waals surface area (Å²) in [6, 6.07) is 0. The van der Waals surface area contributed by atoms with Gasteiger partial charge >= 0.3 is 0 Å². The number of hydrogen-bond acceptors (Lipinski definition) is 3. The average molecular weight is 254 g/mol. The maximum atomic E-state index is 6.10. The van der Waals surface area contributed by atoms with Crippen molar-refractivity contribution in [2.24, 2.45) is 17.6 Å². The zero-order chi connectivity index (χ0) is 13.2. The maximum Gasteiger partial charge on any atom is 0.0724 e. The van der Waals surface area contributed by atoms with Crippen LogP contribution in [0.15, 0.2) is 0 Å². The van der Waals surface area contributed by atoms with Gasteiger partial charge in [-0.3, -0.25) is 4.90 Å². The molecule has 3 heteroatoms. The van der Waals surface area contributed by atoms with Gasteiger partial charge in [-0.05, 0) is 38.1 Å². The normalized spacial score (nSPS) is 34.0. The highest BCUT2D eigenvalue weighted by molar-refractivity contribution is 4.95. The van der Waals surface area contributed by atoms with E-state index in [1.54, 1.807) is 0 Å². The molecule has 0 spiro atoms. The Labute approximate surface area is 112 Å². The number of ether oxygens (including phenoxy) is 1. The first-order valence-electron chi connectivity index (χ1n) is 7.57. The quantitative estimate of drug-likeness (QED) is 0.818. The van der Waals surface area contributed by atoms with Crippen LogP contribution < -0.4 is 5.73 Å². The van der Waals surface area contributed by atoms with Crippen molar-refractivity contribution in [2.45, 2.75) is 57.6 Å². The van der Waals surface area contributed by atoms with Gasteiger partial charge in [0.1, 0.15) is 0 Å². The van der Waals surface area contributed by atoms with Crippen LogP contribution in [0.3, 0.4) is 0 Å². The number of hydrogen-bond donors (Lipinski definition) is 1. The summed E-state index contributed by atoms with van der Waals surface area (Å²) in [5.74, 6) is 1.59. The van der Waals surface area contributed by atoms with Crippen molar-refractivity contribution in [3.63, 3.8) is 0 Å². The molecule has 1 saturated carbocycles. The first kappa shape index (κ1) is 14.3. The summed E-state index contributed by atoms with van der Waals surface area (Å²) < 4.78 is 5.64. The molecule has 0 aromatic rings. The third-order valence-corrected chi connectivity index (χ3v) is 5.35. The van der Waals surface area contributed by atoms with Gasteiger partial charge in [0.25, 0.3) is 0 Å². The minimum atomic E-state index is 0.183. The lowest BCUT2D eigenvalue weighted by molar-refractivity contribution is -0.0486. The van der Waals surface area contributed by atoms with Crippen molar-refractivity contribution < 1.29 is 4.74 Å². The topological polar surface area (TPSA) is 38.5 Å². The molecule has 2 aliphatic rings. The monoisotopic (exact) mass is 254 g/mol. The molecule has 0 aromatic carbocycles. The van der Waals surface area contributed by atoms with Gasteiger partial charge in [-0.25, -0.2) is 0 Å². The number of rotatable bonds is 5. The average Bonchev–Trinajstić information content (AvgIpc) is 2.34. The summed E-state index contributed by atoms with van der Waals surface area (Å²) in [5.41, 5.74) is 6.29. The van der Waals surface area contributed by atoms with Crippen molar-refractivity contribution in [1.82, 2.24) is 4.90 Å². The van der Waals surface area contributed by atoms with Crippen LogP contribution in [0.4, 0.5) is 0 Å². The molecule has 3 nitrogen and oxygen atoms in total. The predicted molar refractivity (Wildman–Crippen MR) is 75.6 cm³/mol. The molecule has 2 N–H and O–H groups in total. The third-order valence-electron chi connectivity index (χ3n) is 5.35. The second-order valence-electron chi connectivity index (χ2n) is 6.69. The first-order valence-corrected chi connectivity index (χ1v) is 7.57. The van der Waals surface area contributed by atoms with Gasteiger partial charge < -0.3 is 10.5 Å². The van der Waals surface area contributed by atoms with E-state index in [0.29, 0.717) is 12.0 Å². The molecular formula is C15H30N2O. The van der Waals surface area contributed by atoms with Gasteiger partial charge in [0, 0.05) is 25.7 Å². The molecule has 2 rings (SSSR count). The minimum Gasteiger partial charge on any atom is -0.380 e. The van der Waals surface area contributed by atoms with Crippen LogP contribution in [0, 0.1) is 11.8 Å². The molecule has 3 atom stereocenters. The highest BCUT2D eigenvalue weighted by Crippen LogP contribution is 2.37. The summed E-state index contributed by atoms with van der Waals surface area (Å²) in [5, 5.41) is 0. The van der Waals surface area contributed by atoms with Crippen LogP contribution in [-0.4, -0.2) is 43.3 Å². The SMILES string of the molecule is COC1CN(C(C)(CN)CC2CCC2)CCC1C. The van der Waals surface area contributed by atoms with Crippen molar-refractivity contribution in [3.05, 3.63) is 0 Å². The molecule has 1 heterocycles. The Morgan fingerprint density at radius 2 is 2.06 bits per heavy atom. The van der Waals surface area contributed by atoms with Crippen LogP contribution in [0.5, 0.6) is 0 Å². The minimum absolute atomic E-state index is 0.183. The third kappa shape index (κ3) is 2.89. The van der Waals surface area contributed by atoms with Gasteiger partial charge in [-0.2, -0.15) is 0 Å². The summed E-state index contributed by atoms with van der Waals surface area (Å²) in [6.45, 7) is 7.67. The van der Waals surface area contributed by atoms with Gasteiger partial charge in [0.05, 0.1) is 6.10 Å². The lowest BCUT2D eigenvalue weighted by Gasteiger charge is -2.49. The fourth-order valence-corrected chi connectivity index (χ4v) is 3.49. The zero-order valence-corrected chi connectivity index (χ0v) is 12.3. The van der Waals surface area contributed by atoms with E-state index >= 15 is 0 Å². The molecule has 1 saturated heterocycles. The van der Waals surface area contributed by atoms with Gasteiger partial charge in [-0.15, -0.1) is 0 Å². The Kier molecular flexibility index (Phi) is 4.68. The second kappa shape index (κ2) is 5.89. The molecule has 1 aliphatic carbocycles. The summed E-state index contributed by atoms with van der Waals surface area (Å²) in [7, 11) is 1.84. The zero-order valence-electron chi connectivity index (χ0n) is 12.3. The Morgan fingerprint density at radius 3 is 2.56 bits per heavy atom. The maximum absolute atomic E-state index is 6.10.